The number of nitrogens with one attached hydrogen (secondary N) is 1. The van der Waals surface area contributed by atoms with Crippen LogP contribution in [0.4, 0.5) is 0 Å². The third-order valence-corrected chi connectivity index (χ3v) is 3.97. The molecule has 0 amide bonds. The van der Waals surface area contributed by atoms with E-state index in [1.807, 2.05) is 0 Å². The standard InChI is InChI=1S/C14H25NO/c16-14-9-5-4-8-13(14)15-11-10-12-6-2-1-3-7-12/h6,13-16H,1-5,7-11H2/t13-,14-/m0/s1. The molecule has 2 atom stereocenters. The molecule has 2 N–H and O–H groups in total. The topological polar surface area (TPSA) is 32.3 Å². The Labute approximate surface area is 99.1 Å². The first-order valence-corrected chi connectivity index (χ1v) is 6.95. The molecule has 2 aliphatic carbocycles. The van der Waals surface area contributed by atoms with Crippen molar-refractivity contribution in [2.24, 2.45) is 0 Å². The molecule has 2 aliphatic rings. The zero-order valence-electron chi connectivity index (χ0n) is 10.3. The van der Waals surface area contributed by atoms with Gasteiger partial charge < -0.3 is 10.4 Å². The summed E-state index contributed by atoms with van der Waals surface area (Å²) < 4.78 is 0. The Bertz CT molecular complexity index is 237. The van der Waals surface area contributed by atoms with Gasteiger partial charge in [0, 0.05) is 6.04 Å². The molecular weight excluding hydrogens is 198 g/mol. The van der Waals surface area contributed by atoms with Crippen molar-refractivity contribution in [1.29, 1.82) is 0 Å². The average Bonchev–Trinajstić information content (AvgIpc) is 2.33. The zero-order valence-corrected chi connectivity index (χ0v) is 10.3. The Morgan fingerprint density at radius 3 is 2.81 bits per heavy atom. The van der Waals surface area contributed by atoms with Crippen molar-refractivity contribution in [1.82, 2.24) is 5.32 Å². The Morgan fingerprint density at radius 1 is 1.19 bits per heavy atom. The molecule has 16 heavy (non-hydrogen) atoms. The van der Waals surface area contributed by atoms with Crippen molar-refractivity contribution >= 4 is 0 Å². The largest absolute Gasteiger partial charge is 0.392 e. The van der Waals surface area contributed by atoms with Crippen LogP contribution in [0.3, 0.4) is 0 Å². The Hall–Kier alpha value is -0.340. The fraction of sp³-hybridized carbons (Fsp3) is 0.857. The molecule has 1 saturated carbocycles. The van der Waals surface area contributed by atoms with Crippen molar-refractivity contribution in [3.63, 3.8) is 0 Å². The van der Waals surface area contributed by atoms with Crippen LogP contribution >= 0.6 is 0 Å². The van der Waals surface area contributed by atoms with Crippen molar-refractivity contribution in [2.45, 2.75) is 69.9 Å². The van der Waals surface area contributed by atoms with Gasteiger partial charge in [-0.15, -0.1) is 0 Å². The van der Waals surface area contributed by atoms with E-state index in [-0.39, 0.29) is 6.10 Å². The van der Waals surface area contributed by atoms with E-state index in [1.165, 1.54) is 44.9 Å². The molecule has 2 nitrogen and oxygen atoms in total. The smallest absolute Gasteiger partial charge is 0.0693 e. The monoisotopic (exact) mass is 223 g/mol. The molecule has 2 rings (SSSR count). The molecule has 0 aromatic rings. The Balaban J connectivity index is 1.64. The molecule has 0 heterocycles. The van der Waals surface area contributed by atoms with Gasteiger partial charge in [0.05, 0.1) is 6.10 Å². The Morgan fingerprint density at radius 2 is 2.06 bits per heavy atom. The van der Waals surface area contributed by atoms with Crippen LogP contribution in [0.1, 0.15) is 57.8 Å². The van der Waals surface area contributed by atoms with Crippen LogP contribution in [0.25, 0.3) is 0 Å². The highest BCUT2D eigenvalue weighted by Crippen LogP contribution is 2.21. The van der Waals surface area contributed by atoms with Crippen LogP contribution in [-0.4, -0.2) is 23.8 Å². The summed E-state index contributed by atoms with van der Waals surface area (Å²) in [5.41, 5.74) is 1.63. The third-order valence-electron chi connectivity index (χ3n) is 3.97. The molecule has 0 spiro atoms. The zero-order chi connectivity index (χ0) is 11.2. The van der Waals surface area contributed by atoms with Gasteiger partial charge in [-0.2, -0.15) is 0 Å². The summed E-state index contributed by atoms with van der Waals surface area (Å²) in [7, 11) is 0. The predicted octanol–water partition coefficient (Wildman–Crippen LogP) is 2.77. The van der Waals surface area contributed by atoms with Gasteiger partial charge in [0.25, 0.3) is 0 Å². The van der Waals surface area contributed by atoms with Gasteiger partial charge in [-0.25, -0.2) is 0 Å². The molecule has 0 aliphatic heterocycles. The van der Waals surface area contributed by atoms with Gasteiger partial charge in [0.2, 0.25) is 0 Å². The second-order valence-corrected chi connectivity index (χ2v) is 5.27. The SMILES string of the molecule is O[C@H]1CCCC[C@@H]1NCCC1=CCCCC1. The van der Waals surface area contributed by atoms with Crippen LogP contribution < -0.4 is 5.32 Å². The van der Waals surface area contributed by atoms with Gasteiger partial charge in [0.1, 0.15) is 0 Å². The van der Waals surface area contributed by atoms with Crippen molar-refractivity contribution in [3.8, 4) is 0 Å². The summed E-state index contributed by atoms with van der Waals surface area (Å²) >= 11 is 0. The quantitative estimate of drug-likeness (QED) is 0.718. The molecule has 0 aromatic heterocycles. The lowest BCUT2D eigenvalue weighted by molar-refractivity contribution is 0.0913. The number of aliphatic hydroxyl groups is 1. The minimum Gasteiger partial charge on any atom is -0.392 e. The number of rotatable bonds is 4. The maximum Gasteiger partial charge on any atom is 0.0693 e. The van der Waals surface area contributed by atoms with Gasteiger partial charge >= 0.3 is 0 Å². The fourth-order valence-corrected chi connectivity index (χ4v) is 2.90. The third kappa shape index (κ3) is 3.60. The van der Waals surface area contributed by atoms with E-state index in [0.717, 1.165) is 19.4 Å². The maximum absolute atomic E-state index is 9.83. The highest BCUT2D eigenvalue weighted by Gasteiger charge is 2.21. The number of hydrogen-bond donors (Lipinski definition) is 2. The van der Waals surface area contributed by atoms with Crippen LogP contribution in [0.2, 0.25) is 0 Å². The summed E-state index contributed by atoms with van der Waals surface area (Å²) in [5, 5.41) is 13.4. The molecule has 0 aromatic carbocycles. The highest BCUT2D eigenvalue weighted by molar-refractivity contribution is 5.05. The lowest BCUT2D eigenvalue weighted by atomic mass is 9.92. The van der Waals surface area contributed by atoms with E-state index < -0.39 is 0 Å². The average molecular weight is 223 g/mol. The lowest BCUT2D eigenvalue weighted by Gasteiger charge is -2.28. The van der Waals surface area contributed by atoms with Crippen molar-refractivity contribution < 1.29 is 5.11 Å². The van der Waals surface area contributed by atoms with Crippen LogP contribution in [0.15, 0.2) is 11.6 Å². The first-order valence-electron chi connectivity index (χ1n) is 6.95. The van der Waals surface area contributed by atoms with E-state index in [0.29, 0.717) is 6.04 Å². The van der Waals surface area contributed by atoms with Gasteiger partial charge in [-0.05, 0) is 51.5 Å². The first kappa shape index (κ1) is 12.1. The van der Waals surface area contributed by atoms with E-state index in [1.54, 1.807) is 5.57 Å². The van der Waals surface area contributed by atoms with E-state index in [2.05, 4.69) is 11.4 Å². The van der Waals surface area contributed by atoms with Gasteiger partial charge in [-0.3, -0.25) is 0 Å². The van der Waals surface area contributed by atoms with Crippen LogP contribution in [0, 0.1) is 0 Å². The maximum atomic E-state index is 9.83. The highest BCUT2D eigenvalue weighted by atomic mass is 16.3. The summed E-state index contributed by atoms with van der Waals surface area (Å²) in [6, 6.07) is 0.359. The molecule has 2 heteroatoms. The molecular formula is C14H25NO. The fourth-order valence-electron chi connectivity index (χ4n) is 2.90. The summed E-state index contributed by atoms with van der Waals surface area (Å²) in [6.07, 6.45) is 13.4. The molecule has 0 radical (unpaired) electrons. The van der Waals surface area contributed by atoms with E-state index >= 15 is 0 Å². The summed E-state index contributed by atoms with van der Waals surface area (Å²) in [5.74, 6) is 0. The lowest BCUT2D eigenvalue weighted by Crippen LogP contribution is -2.42. The van der Waals surface area contributed by atoms with Crippen LogP contribution in [-0.2, 0) is 0 Å². The molecule has 0 saturated heterocycles. The number of aliphatic hydroxyl groups excluding tert-OH is 1. The summed E-state index contributed by atoms with van der Waals surface area (Å²) in [4.78, 5) is 0. The normalized spacial score (nSPS) is 31.2. The van der Waals surface area contributed by atoms with Gasteiger partial charge in [-0.1, -0.05) is 24.5 Å². The number of hydrogen-bond acceptors (Lipinski definition) is 2. The predicted molar refractivity (Wildman–Crippen MR) is 67.4 cm³/mol. The number of allylic oxidation sites excluding steroid dienone is 1. The second kappa shape index (κ2) is 6.41. The molecule has 0 bridgehead atoms. The van der Waals surface area contributed by atoms with Crippen molar-refractivity contribution in [2.75, 3.05) is 6.54 Å². The minimum absolute atomic E-state index is 0.103. The van der Waals surface area contributed by atoms with Crippen LogP contribution in [0.5, 0.6) is 0 Å². The minimum atomic E-state index is -0.103. The second-order valence-electron chi connectivity index (χ2n) is 5.27. The van der Waals surface area contributed by atoms with E-state index in [4.69, 9.17) is 0 Å². The first-order chi connectivity index (χ1) is 7.86. The molecule has 92 valence electrons. The summed E-state index contributed by atoms with van der Waals surface area (Å²) in [6.45, 7) is 1.05. The van der Waals surface area contributed by atoms with E-state index in [9.17, 15) is 5.11 Å². The van der Waals surface area contributed by atoms with Crippen molar-refractivity contribution in [3.05, 3.63) is 11.6 Å². The molecule has 0 unspecified atom stereocenters. The Kier molecular flexibility index (Phi) is 4.86. The van der Waals surface area contributed by atoms with Gasteiger partial charge in [0.15, 0.2) is 0 Å². The molecule has 1 fully saturated rings.